The van der Waals surface area contributed by atoms with Gasteiger partial charge in [-0.2, -0.15) is 0 Å². The molecule has 0 spiro atoms. The Bertz CT molecular complexity index is 600. The van der Waals surface area contributed by atoms with E-state index in [4.69, 9.17) is 14.1 Å². The van der Waals surface area contributed by atoms with Crippen molar-refractivity contribution in [3.8, 4) is 11.5 Å². The minimum atomic E-state index is -0.944. The fourth-order valence-corrected chi connectivity index (χ4v) is 2.33. The molecule has 0 aromatic heterocycles. The summed E-state index contributed by atoms with van der Waals surface area (Å²) in [4.78, 5) is 0. The zero-order chi connectivity index (χ0) is 13.9. The second kappa shape index (κ2) is 5.57. The molecule has 1 heterocycles. The number of hydrogen-bond donors (Lipinski definition) is 1. The van der Waals surface area contributed by atoms with Crippen molar-refractivity contribution in [2.75, 3.05) is 7.11 Å². The van der Waals surface area contributed by atoms with E-state index in [9.17, 15) is 5.02 Å². The average molecular weight is 270 g/mol. The molecule has 5 heteroatoms. The fraction of sp³-hybridized carbons (Fsp3) is 0.200. The van der Waals surface area contributed by atoms with Crippen LogP contribution < -0.4 is 14.9 Å². The van der Waals surface area contributed by atoms with Crippen LogP contribution in [0.25, 0.3) is 0 Å². The van der Waals surface area contributed by atoms with E-state index in [1.807, 2.05) is 42.5 Å². The van der Waals surface area contributed by atoms with E-state index in [0.717, 1.165) is 11.1 Å². The molecule has 20 heavy (non-hydrogen) atoms. The Labute approximate surface area is 118 Å². The van der Waals surface area contributed by atoms with Gasteiger partial charge in [0, 0.05) is 5.46 Å². The molecule has 0 aliphatic carbocycles. The molecule has 2 aromatic rings. The van der Waals surface area contributed by atoms with Gasteiger partial charge < -0.3 is 19.2 Å². The summed E-state index contributed by atoms with van der Waals surface area (Å²) in [7, 11) is 0.621. The maximum absolute atomic E-state index is 9.85. The highest BCUT2D eigenvalue weighted by molar-refractivity contribution is 6.62. The predicted octanol–water partition coefficient (Wildman–Crippen LogP) is 1.49. The van der Waals surface area contributed by atoms with Crippen LogP contribution in [0.4, 0.5) is 0 Å². The Balaban J connectivity index is 1.85. The zero-order valence-electron chi connectivity index (χ0n) is 11.2. The van der Waals surface area contributed by atoms with Crippen molar-refractivity contribution in [2.24, 2.45) is 0 Å². The normalized spacial score (nSPS) is 13.2. The molecular formula is C15H15BO4. The SMILES string of the molecule is COc1c(OCc2ccccc2)ccc2c1B(O)OC2. The maximum Gasteiger partial charge on any atom is 0.495 e. The summed E-state index contributed by atoms with van der Waals surface area (Å²) < 4.78 is 16.4. The number of hydrogen-bond acceptors (Lipinski definition) is 4. The molecule has 102 valence electrons. The number of methoxy groups -OCH3 is 1. The summed E-state index contributed by atoms with van der Waals surface area (Å²) in [6, 6.07) is 13.6. The van der Waals surface area contributed by atoms with Crippen LogP contribution >= 0.6 is 0 Å². The van der Waals surface area contributed by atoms with Gasteiger partial charge in [0.15, 0.2) is 11.5 Å². The Morgan fingerprint density at radius 2 is 2.00 bits per heavy atom. The van der Waals surface area contributed by atoms with Gasteiger partial charge in [0.1, 0.15) is 6.61 Å². The summed E-state index contributed by atoms with van der Waals surface area (Å²) in [5.74, 6) is 1.16. The molecule has 3 rings (SSSR count). The van der Waals surface area contributed by atoms with Gasteiger partial charge in [0.25, 0.3) is 0 Å². The highest BCUT2D eigenvalue weighted by Gasteiger charge is 2.32. The van der Waals surface area contributed by atoms with Crippen LogP contribution in [0.5, 0.6) is 11.5 Å². The second-order valence-corrected chi connectivity index (χ2v) is 4.61. The Kier molecular flexibility index (Phi) is 3.63. The van der Waals surface area contributed by atoms with E-state index in [2.05, 4.69) is 0 Å². The van der Waals surface area contributed by atoms with Gasteiger partial charge >= 0.3 is 7.12 Å². The third-order valence-corrected chi connectivity index (χ3v) is 3.34. The standard InChI is InChI=1S/C15H15BO4/c1-18-15-13(19-9-11-5-3-2-4-6-11)8-7-12-10-20-16(17)14(12)15/h2-8,17H,9-10H2,1H3. The van der Waals surface area contributed by atoms with Gasteiger partial charge in [-0.15, -0.1) is 0 Å². The highest BCUT2D eigenvalue weighted by atomic mass is 16.5. The van der Waals surface area contributed by atoms with Gasteiger partial charge in [0.2, 0.25) is 0 Å². The number of rotatable bonds is 4. The Hall–Kier alpha value is -1.98. The predicted molar refractivity (Wildman–Crippen MR) is 76.2 cm³/mol. The molecule has 0 radical (unpaired) electrons. The first kappa shape index (κ1) is 13.0. The molecule has 0 unspecified atom stereocenters. The van der Waals surface area contributed by atoms with Crippen LogP contribution in [0, 0.1) is 0 Å². The monoisotopic (exact) mass is 270 g/mol. The van der Waals surface area contributed by atoms with Crippen LogP contribution in [0.3, 0.4) is 0 Å². The highest BCUT2D eigenvalue weighted by Crippen LogP contribution is 2.30. The summed E-state index contributed by atoms with van der Waals surface area (Å²) in [5.41, 5.74) is 2.67. The van der Waals surface area contributed by atoms with Gasteiger partial charge in [-0.05, 0) is 17.2 Å². The van der Waals surface area contributed by atoms with Crippen molar-refractivity contribution in [1.82, 2.24) is 0 Å². The van der Waals surface area contributed by atoms with Gasteiger partial charge in [-0.25, -0.2) is 0 Å². The van der Waals surface area contributed by atoms with Crippen molar-refractivity contribution in [1.29, 1.82) is 0 Å². The smallest absolute Gasteiger partial charge is 0.493 e. The molecule has 4 nitrogen and oxygen atoms in total. The van der Waals surface area contributed by atoms with Crippen LogP contribution in [-0.4, -0.2) is 19.3 Å². The third-order valence-electron chi connectivity index (χ3n) is 3.34. The largest absolute Gasteiger partial charge is 0.495 e. The van der Waals surface area contributed by atoms with Gasteiger partial charge in [-0.3, -0.25) is 0 Å². The molecule has 0 amide bonds. The lowest BCUT2D eigenvalue weighted by atomic mass is 9.78. The van der Waals surface area contributed by atoms with E-state index < -0.39 is 7.12 Å². The first-order chi connectivity index (χ1) is 9.79. The van der Waals surface area contributed by atoms with Gasteiger partial charge in [0.05, 0.1) is 13.7 Å². The van der Waals surface area contributed by atoms with E-state index in [1.54, 1.807) is 7.11 Å². The zero-order valence-corrected chi connectivity index (χ0v) is 11.2. The van der Waals surface area contributed by atoms with Crippen molar-refractivity contribution < 1.29 is 19.2 Å². The molecule has 0 atom stereocenters. The molecule has 1 aliphatic heterocycles. The summed E-state index contributed by atoms with van der Waals surface area (Å²) in [5, 5.41) is 9.85. The van der Waals surface area contributed by atoms with Gasteiger partial charge in [-0.1, -0.05) is 36.4 Å². The minimum Gasteiger partial charge on any atom is -0.493 e. The van der Waals surface area contributed by atoms with Crippen LogP contribution in [0.15, 0.2) is 42.5 Å². The average Bonchev–Trinajstić information content (AvgIpc) is 2.87. The number of fused-ring (bicyclic) bond motifs is 1. The minimum absolute atomic E-state index is 0.395. The quantitative estimate of drug-likeness (QED) is 0.855. The maximum atomic E-state index is 9.85. The van der Waals surface area contributed by atoms with E-state index in [0.29, 0.717) is 30.2 Å². The summed E-state index contributed by atoms with van der Waals surface area (Å²) in [6.45, 7) is 0.846. The molecule has 2 aromatic carbocycles. The van der Waals surface area contributed by atoms with Crippen LogP contribution in [0.1, 0.15) is 11.1 Å². The lowest BCUT2D eigenvalue weighted by molar-refractivity contribution is 0.275. The Morgan fingerprint density at radius 3 is 2.75 bits per heavy atom. The molecule has 0 saturated carbocycles. The summed E-state index contributed by atoms with van der Waals surface area (Å²) >= 11 is 0. The number of benzene rings is 2. The Morgan fingerprint density at radius 1 is 1.20 bits per heavy atom. The van der Waals surface area contributed by atoms with Crippen molar-refractivity contribution >= 4 is 12.6 Å². The van der Waals surface area contributed by atoms with Crippen LogP contribution in [-0.2, 0) is 17.9 Å². The molecule has 1 aliphatic rings. The van der Waals surface area contributed by atoms with E-state index in [1.165, 1.54) is 0 Å². The van der Waals surface area contributed by atoms with E-state index in [-0.39, 0.29) is 0 Å². The molecule has 0 saturated heterocycles. The van der Waals surface area contributed by atoms with Crippen molar-refractivity contribution in [2.45, 2.75) is 13.2 Å². The van der Waals surface area contributed by atoms with Crippen LogP contribution in [0.2, 0.25) is 0 Å². The molecule has 0 bridgehead atoms. The first-order valence-corrected chi connectivity index (χ1v) is 6.45. The fourth-order valence-electron chi connectivity index (χ4n) is 2.33. The van der Waals surface area contributed by atoms with E-state index >= 15 is 0 Å². The van der Waals surface area contributed by atoms with Crippen molar-refractivity contribution in [3.63, 3.8) is 0 Å². The second-order valence-electron chi connectivity index (χ2n) is 4.61. The third kappa shape index (κ3) is 2.38. The first-order valence-electron chi connectivity index (χ1n) is 6.45. The molecular weight excluding hydrogens is 255 g/mol. The number of ether oxygens (including phenoxy) is 2. The lowest BCUT2D eigenvalue weighted by Crippen LogP contribution is -2.29. The van der Waals surface area contributed by atoms with Crippen molar-refractivity contribution in [3.05, 3.63) is 53.6 Å². The molecule has 0 fully saturated rings. The lowest BCUT2D eigenvalue weighted by Gasteiger charge is -2.14. The molecule has 1 N–H and O–H groups in total. The summed E-state index contributed by atoms with van der Waals surface area (Å²) in [6.07, 6.45) is 0. The topological polar surface area (TPSA) is 47.9 Å².